The molecule has 0 bridgehead atoms. The molecule has 5 nitrogen and oxygen atoms in total. The molecule has 0 aromatic heterocycles. The molecular weight excluding hydrogens is 348 g/mol. The molecule has 2 aromatic rings. The van der Waals surface area contributed by atoms with Crippen molar-refractivity contribution in [1.29, 1.82) is 0 Å². The van der Waals surface area contributed by atoms with Gasteiger partial charge in [0.25, 0.3) is 0 Å². The predicted molar refractivity (Wildman–Crippen MR) is 115 cm³/mol. The van der Waals surface area contributed by atoms with Gasteiger partial charge in [-0.3, -0.25) is 9.89 Å². The summed E-state index contributed by atoms with van der Waals surface area (Å²) in [4.78, 5) is 6.83. The lowest BCUT2D eigenvalue weighted by Gasteiger charge is -2.31. The van der Waals surface area contributed by atoms with Crippen LogP contribution in [0.15, 0.2) is 59.6 Å². The number of nitrogens with zero attached hydrogens (tertiary/aromatic N) is 2. The summed E-state index contributed by atoms with van der Waals surface area (Å²) in [6.07, 6.45) is 0.319. The zero-order chi connectivity index (χ0) is 19.8. The highest BCUT2D eigenvalue weighted by Gasteiger charge is 2.16. The van der Waals surface area contributed by atoms with Crippen molar-refractivity contribution in [3.05, 3.63) is 71.3 Å². The molecule has 1 fully saturated rings. The van der Waals surface area contributed by atoms with Gasteiger partial charge in [0, 0.05) is 33.2 Å². The monoisotopic (exact) mass is 380 g/mol. The van der Waals surface area contributed by atoms with E-state index in [1.807, 2.05) is 13.1 Å². The maximum absolute atomic E-state index is 5.64. The van der Waals surface area contributed by atoms with Crippen molar-refractivity contribution in [2.75, 3.05) is 26.7 Å². The van der Waals surface area contributed by atoms with Crippen molar-refractivity contribution in [2.45, 2.75) is 39.1 Å². The van der Waals surface area contributed by atoms with E-state index in [-0.39, 0.29) is 6.04 Å². The van der Waals surface area contributed by atoms with Gasteiger partial charge in [-0.25, -0.2) is 0 Å². The first-order valence-electron chi connectivity index (χ1n) is 10.1. The lowest BCUT2D eigenvalue weighted by Crippen LogP contribution is -2.40. The van der Waals surface area contributed by atoms with Gasteiger partial charge in [-0.15, -0.1) is 0 Å². The standard InChI is InChI=1S/C23H32N4O/c1-18-16-27(12-13-28-18)17-21-9-7-8-20(14-21)15-25-23(24-3)26-19(2)22-10-5-4-6-11-22/h4-11,14,18-19H,12-13,15-17H2,1-3H3,(H2,24,25,26). The van der Waals surface area contributed by atoms with Crippen LogP contribution in [0, 0.1) is 0 Å². The molecule has 0 saturated carbocycles. The molecule has 1 aliphatic heterocycles. The fraction of sp³-hybridized carbons (Fsp3) is 0.435. The van der Waals surface area contributed by atoms with Crippen LogP contribution in [0.25, 0.3) is 0 Å². The van der Waals surface area contributed by atoms with Crippen LogP contribution in [0.1, 0.15) is 36.6 Å². The summed E-state index contributed by atoms with van der Waals surface area (Å²) in [5.41, 5.74) is 3.84. The van der Waals surface area contributed by atoms with Gasteiger partial charge in [-0.1, -0.05) is 54.6 Å². The van der Waals surface area contributed by atoms with Gasteiger partial charge < -0.3 is 15.4 Å². The highest BCUT2D eigenvalue weighted by Crippen LogP contribution is 2.13. The van der Waals surface area contributed by atoms with Gasteiger partial charge in [0.2, 0.25) is 0 Å². The molecular formula is C23H32N4O. The van der Waals surface area contributed by atoms with Gasteiger partial charge in [-0.05, 0) is 30.5 Å². The Morgan fingerprint density at radius 3 is 2.71 bits per heavy atom. The van der Waals surface area contributed by atoms with E-state index in [0.29, 0.717) is 6.10 Å². The molecule has 0 aliphatic carbocycles. The number of benzene rings is 2. The Kier molecular flexibility index (Phi) is 7.46. The molecule has 5 heteroatoms. The van der Waals surface area contributed by atoms with Gasteiger partial charge in [0.15, 0.2) is 5.96 Å². The molecule has 2 unspecified atom stereocenters. The van der Waals surface area contributed by atoms with Crippen LogP contribution in [0.3, 0.4) is 0 Å². The number of morpholine rings is 1. The summed E-state index contributed by atoms with van der Waals surface area (Å²) in [6.45, 7) is 8.82. The molecule has 0 radical (unpaired) electrons. The van der Waals surface area contributed by atoms with E-state index in [4.69, 9.17) is 4.74 Å². The summed E-state index contributed by atoms with van der Waals surface area (Å²) in [7, 11) is 1.81. The number of nitrogens with one attached hydrogen (secondary N) is 2. The van der Waals surface area contributed by atoms with Crippen LogP contribution in [0.4, 0.5) is 0 Å². The summed E-state index contributed by atoms with van der Waals surface area (Å²) in [5, 5.41) is 6.88. The molecule has 1 saturated heterocycles. The Balaban J connectivity index is 1.53. The van der Waals surface area contributed by atoms with Gasteiger partial charge in [0.05, 0.1) is 18.8 Å². The number of hydrogen-bond acceptors (Lipinski definition) is 3. The van der Waals surface area contributed by atoms with Gasteiger partial charge in [-0.2, -0.15) is 0 Å². The highest BCUT2D eigenvalue weighted by atomic mass is 16.5. The fourth-order valence-corrected chi connectivity index (χ4v) is 3.54. The minimum Gasteiger partial charge on any atom is -0.376 e. The van der Waals surface area contributed by atoms with Crippen LogP contribution in [0.2, 0.25) is 0 Å². The van der Waals surface area contributed by atoms with E-state index >= 15 is 0 Å². The van der Waals surface area contributed by atoms with Crippen molar-refractivity contribution in [3.63, 3.8) is 0 Å². The van der Waals surface area contributed by atoms with Crippen LogP contribution >= 0.6 is 0 Å². The Bertz CT molecular complexity index is 762. The third kappa shape index (κ3) is 6.08. The van der Waals surface area contributed by atoms with E-state index < -0.39 is 0 Å². The molecule has 3 rings (SSSR count). The fourth-order valence-electron chi connectivity index (χ4n) is 3.54. The predicted octanol–water partition coefficient (Wildman–Crippen LogP) is 3.33. The number of rotatable bonds is 6. The molecule has 150 valence electrons. The van der Waals surface area contributed by atoms with Crippen LogP contribution < -0.4 is 10.6 Å². The van der Waals surface area contributed by atoms with E-state index in [2.05, 4.69) is 82.9 Å². The lowest BCUT2D eigenvalue weighted by molar-refractivity contribution is -0.0212. The second-order valence-corrected chi connectivity index (χ2v) is 7.44. The van der Waals surface area contributed by atoms with Crippen molar-refractivity contribution in [3.8, 4) is 0 Å². The maximum Gasteiger partial charge on any atom is 0.191 e. The first kappa shape index (κ1) is 20.4. The second kappa shape index (κ2) is 10.2. The number of guanidine groups is 1. The SMILES string of the molecule is CN=C(NCc1cccc(CN2CCOC(C)C2)c1)NC(C)c1ccccc1. The maximum atomic E-state index is 5.64. The average molecular weight is 381 g/mol. The smallest absolute Gasteiger partial charge is 0.191 e. The third-order valence-electron chi connectivity index (χ3n) is 5.06. The van der Waals surface area contributed by atoms with E-state index in [1.54, 1.807) is 0 Å². The van der Waals surface area contributed by atoms with Crippen molar-refractivity contribution < 1.29 is 4.74 Å². The largest absolute Gasteiger partial charge is 0.376 e. The van der Waals surface area contributed by atoms with Gasteiger partial charge >= 0.3 is 0 Å². The summed E-state index contributed by atoms with van der Waals surface area (Å²) in [5.74, 6) is 0.809. The Hall–Kier alpha value is -2.37. The van der Waals surface area contributed by atoms with Crippen LogP contribution in [-0.4, -0.2) is 43.7 Å². The van der Waals surface area contributed by atoms with Crippen molar-refractivity contribution >= 4 is 5.96 Å². The minimum atomic E-state index is 0.196. The summed E-state index contributed by atoms with van der Waals surface area (Å²) in [6, 6.07) is 19.4. The minimum absolute atomic E-state index is 0.196. The molecule has 28 heavy (non-hydrogen) atoms. The molecule has 1 heterocycles. The first-order valence-corrected chi connectivity index (χ1v) is 10.1. The number of aliphatic imine (C=N–C) groups is 1. The quantitative estimate of drug-likeness (QED) is 0.596. The third-order valence-corrected chi connectivity index (χ3v) is 5.06. The van der Waals surface area contributed by atoms with Crippen molar-refractivity contribution in [1.82, 2.24) is 15.5 Å². The summed E-state index contributed by atoms with van der Waals surface area (Å²) >= 11 is 0. The molecule has 2 aromatic carbocycles. The highest BCUT2D eigenvalue weighted by molar-refractivity contribution is 5.80. The van der Waals surface area contributed by atoms with E-state index in [1.165, 1.54) is 16.7 Å². The van der Waals surface area contributed by atoms with Crippen LogP contribution in [-0.2, 0) is 17.8 Å². The zero-order valence-corrected chi connectivity index (χ0v) is 17.2. The zero-order valence-electron chi connectivity index (χ0n) is 17.2. The first-order chi connectivity index (χ1) is 13.6. The van der Waals surface area contributed by atoms with Crippen molar-refractivity contribution in [2.24, 2.45) is 4.99 Å². The lowest BCUT2D eigenvalue weighted by atomic mass is 10.1. The normalized spacial score (nSPS) is 19.2. The van der Waals surface area contributed by atoms with Crippen LogP contribution in [0.5, 0.6) is 0 Å². The number of ether oxygens (including phenoxy) is 1. The Morgan fingerprint density at radius 1 is 1.18 bits per heavy atom. The van der Waals surface area contributed by atoms with E-state index in [0.717, 1.165) is 38.7 Å². The summed E-state index contributed by atoms with van der Waals surface area (Å²) < 4.78 is 5.64. The number of hydrogen-bond donors (Lipinski definition) is 2. The second-order valence-electron chi connectivity index (χ2n) is 7.44. The van der Waals surface area contributed by atoms with Gasteiger partial charge in [0.1, 0.15) is 0 Å². The average Bonchev–Trinajstić information content (AvgIpc) is 2.72. The van der Waals surface area contributed by atoms with E-state index in [9.17, 15) is 0 Å². The molecule has 1 aliphatic rings. The Labute approximate surface area is 168 Å². The molecule has 0 spiro atoms. The molecule has 2 N–H and O–H groups in total. The molecule has 2 atom stereocenters. The Morgan fingerprint density at radius 2 is 1.96 bits per heavy atom. The molecule has 0 amide bonds. The topological polar surface area (TPSA) is 48.9 Å².